The SMILES string of the molecule is Cc1cc2c3c(c1)N(c1ccc(C(C)(C)C)cc1)c1sc4oc5ccccc5c4c1B3c1cc(C(C)(C)C)ccc1N2c1ccc(C(C)(C)C)cc1. The fourth-order valence-corrected chi connectivity index (χ4v) is 9.62. The van der Waals surface area contributed by atoms with E-state index in [0.717, 1.165) is 10.5 Å². The molecule has 5 heteroatoms. The molecule has 260 valence electrons. The van der Waals surface area contributed by atoms with E-state index in [1.807, 2.05) is 0 Å². The lowest BCUT2D eigenvalue weighted by Crippen LogP contribution is -2.61. The van der Waals surface area contributed by atoms with Crippen molar-refractivity contribution in [3.63, 3.8) is 0 Å². The second-order valence-electron chi connectivity index (χ2n) is 18.0. The molecule has 52 heavy (non-hydrogen) atoms. The molecule has 2 aliphatic heterocycles. The van der Waals surface area contributed by atoms with Crippen molar-refractivity contribution in [3.05, 3.63) is 125 Å². The predicted molar refractivity (Wildman–Crippen MR) is 226 cm³/mol. The number of hydrogen-bond donors (Lipinski definition) is 0. The van der Waals surface area contributed by atoms with Crippen LogP contribution >= 0.6 is 11.3 Å². The van der Waals surface area contributed by atoms with Crippen LogP contribution in [0.15, 0.2) is 108 Å². The summed E-state index contributed by atoms with van der Waals surface area (Å²) in [5, 5.41) is 3.67. The van der Waals surface area contributed by atoms with E-state index in [1.165, 1.54) is 82.9 Å². The van der Waals surface area contributed by atoms with E-state index < -0.39 is 0 Å². The van der Waals surface area contributed by atoms with Gasteiger partial charge in [-0.1, -0.05) is 128 Å². The molecule has 0 fully saturated rings. The Kier molecular flexibility index (Phi) is 7.09. The highest BCUT2D eigenvalue weighted by molar-refractivity contribution is 7.26. The molecule has 5 aromatic carbocycles. The molecule has 0 N–H and O–H groups in total. The lowest BCUT2D eigenvalue weighted by molar-refractivity contribution is 0.590. The van der Waals surface area contributed by atoms with Gasteiger partial charge < -0.3 is 14.2 Å². The summed E-state index contributed by atoms with van der Waals surface area (Å²) in [5.74, 6) is 0. The average molecular weight is 699 g/mol. The summed E-state index contributed by atoms with van der Waals surface area (Å²) in [6.07, 6.45) is 0. The molecule has 0 saturated heterocycles. The minimum atomic E-state index is -0.00473. The first kappa shape index (κ1) is 33.1. The van der Waals surface area contributed by atoms with Crippen LogP contribution < -0.4 is 26.2 Å². The van der Waals surface area contributed by atoms with Crippen molar-refractivity contribution in [2.75, 3.05) is 9.80 Å². The first-order valence-electron chi connectivity index (χ1n) is 18.6. The smallest absolute Gasteiger partial charge is 0.254 e. The topological polar surface area (TPSA) is 19.6 Å². The van der Waals surface area contributed by atoms with Gasteiger partial charge >= 0.3 is 0 Å². The van der Waals surface area contributed by atoms with Gasteiger partial charge in [-0.05, 0) is 110 Å². The maximum Gasteiger partial charge on any atom is 0.254 e. The summed E-state index contributed by atoms with van der Waals surface area (Å²) >= 11 is 1.79. The van der Waals surface area contributed by atoms with E-state index in [-0.39, 0.29) is 23.0 Å². The van der Waals surface area contributed by atoms with Crippen LogP contribution in [0, 0.1) is 6.92 Å². The highest BCUT2D eigenvalue weighted by atomic mass is 32.1. The molecule has 0 atom stereocenters. The van der Waals surface area contributed by atoms with Crippen LogP contribution in [0.2, 0.25) is 0 Å². The number of benzene rings is 5. The number of furan rings is 1. The Hall–Kier alpha value is -4.74. The summed E-state index contributed by atoms with van der Waals surface area (Å²) in [6.45, 7) is 23.0. The maximum absolute atomic E-state index is 6.69. The van der Waals surface area contributed by atoms with Crippen molar-refractivity contribution >= 4 is 89.1 Å². The second kappa shape index (κ2) is 11.1. The largest absolute Gasteiger partial charge is 0.445 e. The molecule has 2 aliphatic rings. The van der Waals surface area contributed by atoms with E-state index in [9.17, 15) is 0 Å². The molecular formula is C47H47BN2OS. The third-order valence-corrected chi connectivity index (χ3v) is 12.3. The molecule has 0 aliphatic carbocycles. The van der Waals surface area contributed by atoms with Gasteiger partial charge in [-0.3, -0.25) is 0 Å². The van der Waals surface area contributed by atoms with Crippen LogP contribution in [0.4, 0.5) is 33.4 Å². The zero-order chi connectivity index (χ0) is 36.5. The molecule has 4 heterocycles. The summed E-state index contributed by atoms with van der Waals surface area (Å²) in [6, 6.07) is 39.1. The molecule has 0 radical (unpaired) electrons. The number of thiophene rings is 1. The van der Waals surface area contributed by atoms with Crippen LogP contribution in [0.25, 0.3) is 21.3 Å². The van der Waals surface area contributed by atoms with Gasteiger partial charge in [0.1, 0.15) is 5.58 Å². The zero-order valence-electron chi connectivity index (χ0n) is 32.1. The molecule has 0 saturated carbocycles. The zero-order valence-corrected chi connectivity index (χ0v) is 32.9. The van der Waals surface area contributed by atoms with E-state index in [0.29, 0.717) is 0 Å². The molecular weight excluding hydrogens is 651 g/mol. The lowest BCUT2D eigenvalue weighted by atomic mass is 9.33. The summed E-state index contributed by atoms with van der Waals surface area (Å²) in [7, 11) is 0. The van der Waals surface area contributed by atoms with E-state index in [2.05, 4.69) is 182 Å². The molecule has 7 aromatic rings. The Morgan fingerprint density at radius 1 is 0.558 bits per heavy atom. The van der Waals surface area contributed by atoms with Gasteiger partial charge in [-0.2, -0.15) is 0 Å². The van der Waals surface area contributed by atoms with Gasteiger partial charge in [0.05, 0.1) is 5.00 Å². The number of aryl methyl sites for hydroxylation is 1. The standard InChI is InChI=1S/C47H47BN2OS/c1-28-25-37-41-38(26-28)50(33-22-17-30(18-23-33)46(5,6)7)43-42(40-34-13-11-12-14-39(34)51-44(40)52-43)48(41)35-27-31(47(8,9)10)19-24-36(35)49(37)32-20-15-29(16-21-32)45(2,3)4/h11-27H,1-10H3. The van der Waals surface area contributed by atoms with Crippen molar-refractivity contribution in [2.45, 2.75) is 85.5 Å². The third kappa shape index (κ3) is 4.99. The summed E-state index contributed by atoms with van der Waals surface area (Å²) < 4.78 is 6.69. The third-order valence-electron chi connectivity index (χ3n) is 11.2. The lowest BCUT2D eigenvalue weighted by Gasteiger charge is -2.44. The van der Waals surface area contributed by atoms with Gasteiger partial charge in [0.25, 0.3) is 6.71 Å². The van der Waals surface area contributed by atoms with Gasteiger partial charge in [0.2, 0.25) is 0 Å². The molecule has 9 rings (SSSR count). The Bertz CT molecular complexity index is 2520. The van der Waals surface area contributed by atoms with Gasteiger partial charge in [0, 0.05) is 39.2 Å². The van der Waals surface area contributed by atoms with Gasteiger partial charge in [0.15, 0.2) is 4.90 Å². The van der Waals surface area contributed by atoms with Crippen molar-refractivity contribution < 1.29 is 4.42 Å². The summed E-state index contributed by atoms with van der Waals surface area (Å²) in [5.41, 5.74) is 16.5. The number of nitrogens with zero attached hydrogens (tertiary/aromatic N) is 2. The Balaban J connectivity index is 1.39. The van der Waals surface area contributed by atoms with Crippen LogP contribution in [-0.4, -0.2) is 6.71 Å². The van der Waals surface area contributed by atoms with Crippen molar-refractivity contribution in [2.24, 2.45) is 0 Å². The number of hydrogen-bond acceptors (Lipinski definition) is 4. The average Bonchev–Trinajstić information content (AvgIpc) is 3.63. The molecule has 0 amide bonds. The van der Waals surface area contributed by atoms with Crippen LogP contribution in [0.5, 0.6) is 0 Å². The Labute approximate surface area is 313 Å². The number of fused-ring (bicyclic) bond motifs is 8. The molecule has 0 bridgehead atoms. The first-order valence-corrected chi connectivity index (χ1v) is 19.5. The minimum Gasteiger partial charge on any atom is -0.445 e. The van der Waals surface area contributed by atoms with Crippen molar-refractivity contribution in [1.82, 2.24) is 0 Å². The monoisotopic (exact) mass is 698 g/mol. The van der Waals surface area contributed by atoms with Crippen molar-refractivity contribution in [3.8, 4) is 0 Å². The first-order chi connectivity index (χ1) is 24.6. The Morgan fingerprint density at radius 2 is 1.10 bits per heavy atom. The second-order valence-corrected chi connectivity index (χ2v) is 19.0. The molecule has 3 nitrogen and oxygen atoms in total. The van der Waals surface area contributed by atoms with Crippen LogP contribution in [-0.2, 0) is 16.2 Å². The summed E-state index contributed by atoms with van der Waals surface area (Å²) in [4.78, 5) is 6.04. The normalized spacial score (nSPS) is 14.2. The van der Waals surface area contributed by atoms with Crippen molar-refractivity contribution in [1.29, 1.82) is 0 Å². The van der Waals surface area contributed by atoms with E-state index >= 15 is 0 Å². The molecule has 0 spiro atoms. The minimum absolute atomic E-state index is 0.00473. The fourth-order valence-electron chi connectivity index (χ4n) is 8.36. The number of rotatable bonds is 2. The van der Waals surface area contributed by atoms with Gasteiger partial charge in [-0.25, -0.2) is 0 Å². The maximum atomic E-state index is 6.69. The van der Waals surface area contributed by atoms with Crippen LogP contribution in [0.3, 0.4) is 0 Å². The Morgan fingerprint density at radius 3 is 1.69 bits per heavy atom. The quantitative estimate of drug-likeness (QED) is 0.168. The molecule has 2 aromatic heterocycles. The predicted octanol–water partition coefficient (Wildman–Crippen LogP) is 11.9. The van der Waals surface area contributed by atoms with E-state index in [1.54, 1.807) is 11.3 Å². The van der Waals surface area contributed by atoms with Gasteiger partial charge in [-0.15, -0.1) is 0 Å². The number of anilines is 6. The van der Waals surface area contributed by atoms with Crippen LogP contribution in [0.1, 0.15) is 84.6 Å². The highest BCUT2D eigenvalue weighted by Crippen LogP contribution is 2.50. The molecule has 0 unspecified atom stereocenters. The highest BCUT2D eigenvalue weighted by Gasteiger charge is 2.46. The van der Waals surface area contributed by atoms with E-state index in [4.69, 9.17) is 4.42 Å². The number of para-hydroxylation sites is 1. The fraction of sp³-hybridized carbons (Fsp3) is 0.277.